The smallest absolute Gasteiger partial charge is 0.221 e. The van der Waals surface area contributed by atoms with Gasteiger partial charge in [-0.2, -0.15) is 0 Å². The molecule has 3 aromatic rings. The minimum absolute atomic E-state index is 0.0978. The molecule has 3 aromatic carbocycles. The minimum atomic E-state index is -0.186. The Hall–Kier alpha value is -2.75. The number of phenolic OH excluding ortho intramolecular Hbond substituents is 2. The molecule has 100 valence electrons. The van der Waals surface area contributed by atoms with Gasteiger partial charge in [-0.25, -0.2) is 0 Å². The third-order valence-electron chi connectivity index (χ3n) is 3.29. The van der Waals surface area contributed by atoms with Crippen LogP contribution in [0, 0.1) is 0 Å². The lowest BCUT2D eigenvalue weighted by Gasteiger charge is -2.11. The molecule has 0 saturated carbocycles. The molecule has 0 spiro atoms. The van der Waals surface area contributed by atoms with E-state index in [9.17, 15) is 15.0 Å². The summed E-state index contributed by atoms with van der Waals surface area (Å²) in [5, 5.41) is 25.6. The first-order chi connectivity index (χ1) is 9.58. The average molecular weight is 267 g/mol. The van der Waals surface area contributed by atoms with Crippen molar-refractivity contribution in [3.05, 3.63) is 42.5 Å². The van der Waals surface area contributed by atoms with Crippen molar-refractivity contribution in [1.82, 2.24) is 0 Å². The fraction of sp³-hybridized carbons (Fsp3) is 0.0625. The fourth-order valence-electron chi connectivity index (χ4n) is 2.41. The fourth-order valence-corrected chi connectivity index (χ4v) is 2.41. The van der Waals surface area contributed by atoms with Crippen molar-refractivity contribution in [2.45, 2.75) is 6.92 Å². The van der Waals surface area contributed by atoms with Crippen LogP contribution in [0.25, 0.3) is 21.5 Å². The number of hydrogen-bond donors (Lipinski definition) is 3. The Balaban J connectivity index is 2.37. The van der Waals surface area contributed by atoms with Gasteiger partial charge in [-0.15, -0.1) is 0 Å². The minimum Gasteiger partial charge on any atom is -0.507 e. The number of phenols is 2. The molecule has 0 aliphatic rings. The number of aromatic hydroxyl groups is 2. The first-order valence-corrected chi connectivity index (χ1v) is 6.22. The summed E-state index contributed by atoms with van der Waals surface area (Å²) in [6.07, 6.45) is 0. The topological polar surface area (TPSA) is 69.6 Å². The number of fused-ring (bicyclic) bond motifs is 2. The van der Waals surface area contributed by atoms with E-state index in [2.05, 4.69) is 5.32 Å². The molecule has 0 fully saturated rings. The molecule has 0 heterocycles. The number of nitrogens with one attached hydrogen (secondary N) is 1. The summed E-state index contributed by atoms with van der Waals surface area (Å²) in [6.45, 7) is 1.42. The van der Waals surface area contributed by atoms with Gasteiger partial charge >= 0.3 is 0 Å². The van der Waals surface area contributed by atoms with Crippen LogP contribution in [-0.2, 0) is 4.79 Å². The van der Waals surface area contributed by atoms with Gasteiger partial charge in [0, 0.05) is 34.2 Å². The van der Waals surface area contributed by atoms with Crippen molar-refractivity contribution < 1.29 is 15.0 Å². The van der Waals surface area contributed by atoms with E-state index < -0.39 is 0 Å². The molecule has 0 bridgehead atoms. The Labute approximate surface area is 115 Å². The second kappa shape index (κ2) is 4.42. The molecule has 0 aromatic heterocycles. The summed E-state index contributed by atoms with van der Waals surface area (Å²) in [7, 11) is 0. The molecule has 0 radical (unpaired) electrons. The van der Waals surface area contributed by atoms with Crippen LogP contribution in [0.4, 0.5) is 5.69 Å². The quantitative estimate of drug-likeness (QED) is 0.467. The van der Waals surface area contributed by atoms with Gasteiger partial charge in [-0.05, 0) is 18.2 Å². The Morgan fingerprint density at radius 2 is 1.45 bits per heavy atom. The van der Waals surface area contributed by atoms with Crippen molar-refractivity contribution >= 4 is 33.1 Å². The van der Waals surface area contributed by atoms with Crippen molar-refractivity contribution in [3.63, 3.8) is 0 Å². The molecule has 0 aliphatic heterocycles. The molecular formula is C16H13NO3. The Kier molecular flexibility index (Phi) is 2.71. The molecule has 1 amide bonds. The maximum Gasteiger partial charge on any atom is 0.221 e. The second-order valence-electron chi connectivity index (χ2n) is 4.68. The summed E-state index contributed by atoms with van der Waals surface area (Å²) in [5.41, 5.74) is 0.579. The standard InChI is InChI=1S/C16H13NO3/c1-9(18)17-10-6-7-13-14(8-10)16(20)12-5-3-2-4-11(12)15(13)19/h2-8,19-20H,1H3,(H,17,18). The number of hydrogen-bond acceptors (Lipinski definition) is 3. The van der Waals surface area contributed by atoms with Gasteiger partial charge in [0.15, 0.2) is 0 Å². The largest absolute Gasteiger partial charge is 0.507 e. The molecule has 0 saturated heterocycles. The zero-order valence-electron chi connectivity index (χ0n) is 10.8. The number of rotatable bonds is 1. The Morgan fingerprint density at radius 1 is 0.900 bits per heavy atom. The van der Waals surface area contributed by atoms with Gasteiger partial charge < -0.3 is 15.5 Å². The zero-order valence-corrected chi connectivity index (χ0v) is 10.8. The van der Waals surface area contributed by atoms with Crippen LogP contribution in [0.5, 0.6) is 11.5 Å². The first kappa shape index (κ1) is 12.3. The van der Waals surface area contributed by atoms with Gasteiger partial charge in [0.05, 0.1) is 0 Å². The lowest BCUT2D eigenvalue weighted by atomic mass is 10.0. The molecule has 0 aliphatic carbocycles. The maximum absolute atomic E-state index is 11.1. The number of carbonyl (C=O) groups is 1. The number of benzene rings is 3. The first-order valence-electron chi connectivity index (χ1n) is 6.22. The summed E-state index contributed by atoms with van der Waals surface area (Å²) in [4.78, 5) is 11.1. The van der Waals surface area contributed by atoms with Gasteiger partial charge in [0.2, 0.25) is 5.91 Å². The highest BCUT2D eigenvalue weighted by Gasteiger charge is 2.12. The van der Waals surface area contributed by atoms with E-state index in [0.717, 1.165) is 0 Å². The molecule has 4 heteroatoms. The molecule has 20 heavy (non-hydrogen) atoms. The highest BCUT2D eigenvalue weighted by Crippen LogP contribution is 2.41. The lowest BCUT2D eigenvalue weighted by Crippen LogP contribution is -2.05. The van der Waals surface area contributed by atoms with Crippen LogP contribution in [0.2, 0.25) is 0 Å². The highest BCUT2D eigenvalue weighted by atomic mass is 16.3. The van der Waals surface area contributed by atoms with Crippen molar-refractivity contribution in [3.8, 4) is 11.5 Å². The van der Waals surface area contributed by atoms with Gasteiger partial charge in [0.1, 0.15) is 11.5 Å². The molecular weight excluding hydrogens is 254 g/mol. The van der Waals surface area contributed by atoms with Crippen LogP contribution in [0.15, 0.2) is 42.5 Å². The van der Waals surface area contributed by atoms with Gasteiger partial charge in [-0.3, -0.25) is 4.79 Å². The predicted octanol–water partition coefficient (Wildman–Crippen LogP) is 3.36. The zero-order chi connectivity index (χ0) is 14.3. The highest BCUT2D eigenvalue weighted by molar-refractivity contribution is 6.11. The van der Waals surface area contributed by atoms with Crippen molar-refractivity contribution in [2.24, 2.45) is 0 Å². The second-order valence-corrected chi connectivity index (χ2v) is 4.68. The molecule has 4 nitrogen and oxygen atoms in total. The van der Waals surface area contributed by atoms with E-state index in [-0.39, 0.29) is 17.4 Å². The Bertz CT molecular complexity index is 840. The van der Waals surface area contributed by atoms with Crippen LogP contribution < -0.4 is 5.32 Å². The molecule has 3 N–H and O–H groups in total. The lowest BCUT2D eigenvalue weighted by molar-refractivity contribution is -0.114. The summed E-state index contributed by atoms with van der Waals surface area (Å²) < 4.78 is 0. The normalized spacial score (nSPS) is 10.8. The van der Waals surface area contributed by atoms with Gasteiger partial charge in [0.25, 0.3) is 0 Å². The van der Waals surface area contributed by atoms with Gasteiger partial charge in [-0.1, -0.05) is 24.3 Å². The predicted molar refractivity (Wildman–Crippen MR) is 79.1 cm³/mol. The summed E-state index contributed by atoms with van der Waals surface area (Å²) in [6, 6.07) is 12.1. The molecule has 3 rings (SSSR count). The summed E-state index contributed by atoms with van der Waals surface area (Å²) in [5.74, 6) is 0.0391. The maximum atomic E-state index is 11.1. The van der Waals surface area contributed by atoms with E-state index >= 15 is 0 Å². The van der Waals surface area contributed by atoms with Crippen LogP contribution >= 0.6 is 0 Å². The van der Waals surface area contributed by atoms with E-state index in [1.54, 1.807) is 42.5 Å². The number of carbonyl (C=O) groups excluding carboxylic acids is 1. The van der Waals surface area contributed by atoms with Crippen molar-refractivity contribution in [1.29, 1.82) is 0 Å². The third kappa shape index (κ3) is 1.82. The number of amides is 1. The average Bonchev–Trinajstić information content (AvgIpc) is 2.44. The van der Waals surface area contributed by atoms with Crippen LogP contribution in [-0.4, -0.2) is 16.1 Å². The Morgan fingerprint density at radius 3 is 2.05 bits per heavy atom. The van der Waals surface area contributed by atoms with E-state index in [0.29, 0.717) is 27.2 Å². The molecule has 0 unspecified atom stereocenters. The van der Waals surface area contributed by atoms with Crippen molar-refractivity contribution in [2.75, 3.05) is 5.32 Å². The van der Waals surface area contributed by atoms with Crippen LogP contribution in [0.1, 0.15) is 6.92 Å². The van der Waals surface area contributed by atoms with Crippen LogP contribution in [0.3, 0.4) is 0 Å². The monoisotopic (exact) mass is 267 g/mol. The molecule has 0 atom stereocenters. The van der Waals surface area contributed by atoms with E-state index in [1.165, 1.54) is 6.92 Å². The van der Waals surface area contributed by atoms with E-state index in [4.69, 9.17) is 0 Å². The number of anilines is 1. The van der Waals surface area contributed by atoms with E-state index in [1.807, 2.05) is 0 Å². The third-order valence-corrected chi connectivity index (χ3v) is 3.29. The summed E-state index contributed by atoms with van der Waals surface area (Å²) >= 11 is 0. The SMILES string of the molecule is CC(=O)Nc1ccc2c(O)c3ccccc3c(O)c2c1.